The monoisotopic (exact) mass is 252 g/mol. The molecule has 0 fully saturated rings. The quantitative estimate of drug-likeness (QED) is 0.275. The Hall–Kier alpha value is -0.0400. The minimum atomic E-state index is -4.64. The molecule has 14 heavy (non-hydrogen) atoms. The van der Waals surface area contributed by atoms with E-state index in [4.69, 9.17) is 38.5 Å². The number of rotatable bonds is 1. The number of phosphoric acid groups is 2. The molecule has 10 heteroatoms. The molecule has 0 aliphatic heterocycles. The summed E-state index contributed by atoms with van der Waals surface area (Å²) in [5, 5.41) is 0. The van der Waals surface area contributed by atoms with E-state index in [1.807, 2.05) is 6.08 Å². The van der Waals surface area contributed by atoms with Crippen molar-refractivity contribution in [1.29, 1.82) is 0 Å². The van der Waals surface area contributed by atoms with Crippen molar-refractivity contribution in [2.24, 2.45) is 0 Å². The molecule has 0 aliphatic rings. The van der Waals surface area contributed by atoms with Crippen molar-refractivity contribution in [3.63, 3.8) is 0 Å². The highest BCUT2D eigenvalue weighted by Gasteiger charge is 2.00. The van der Waals surface area contributed by atoms with Crippen molar-refractivity contribution in [2.45, 2.75) is 13.3 Å². The first kappa shape index (κ1) is 19.5. The molecule has 0 saturated carbocycles. The van der Waals surface area contributed by atoms with Crippen LogP contribution in [-0.4, -0.2) is 29.4 Å². The first-order valence-electron chi connectivity index (χ1n) is 3.09. The Bertz CT molecular complexity index is 177. The zero-order valence-electron chi connectivity index (χ0n) is 7.39. The van der Waals surface area contributed by atoms with Crippen LogP contribution >= 0.6 is 15.6 Å². The highest BCUT2D eigenvalue weighted by molar-refractivity contribution is 7.45. The standard InChI is InChI=1S/C4H8.2H3O4P/c1-3-4-2;2*1-5(2,3)4/h3H,1,4H2,2H3;2*(H3,1,2,3,4). The summed E-state index contributed by atoms with van der Waals surface area (Å²) in [5.74, 6) is 0. The van der Waals surface area contributed by atoms with E-state index in [9.17, 15) is 0 Å². The summed E-state index contributed by atoms with van der Waals surface area (Å²) in [6.45, 7) is 5.54. The van der Waals surface area contributed by atoms with Crippen LogP contribution in [0.3, 0.4) is 0 Å². The normalized spacial score (nSPS) is 10.2. The molecule has 0 aliphatic carbocycles. The van der Waals surface area contributed by atoms with Gasteiger partial charge in [0.15, 0.2) is 0 Å². The average Bonchev–Trinajstić information content (AvgIpc) is 1.79. The van der Waals surface area contributed by atoms with Crippen LogP contribution in [0.2, 0.25) is 0 Å². The van der Waals surface area contributed by atoms with Gasteiger partial charge in [0.05, 0.1) is 0 Å². The Morgan fingerprint density at radius 1 is 1.00 bits per heavy atom. The maximum atomic E-state index is 8.88. The summed E-state index contributed by atoms with van der Waals surface area (Å²) in [6.07, 6.45) is 2.96. The fourth-order valence-corrected chi connectivity index (χ4v) is 0. The van der Waals surface area contributed by atoms with Gasteiger partial charge in [0.2, 0.25) is 0 Å². The van der Waals surface area contributed by atoms with Crippen molar-refractivity contribution >= 4 is 15.6 Å². The van der Waals surface area contributed by atoms with Crippen LogP contribution in [0.5, 0.6) is 0 Å². The molecule has 0 aromatic heterocycles. The largest absolute Gasteiger partial charge is 0.466 e. The Morgan fingerprint density at radius 2 is 1.07 bits per heavy atom. The van der Waals surface area contributed by atoms with Crippen molar-refractivity contribution in [2.75, 3.05) is 0 Å². The molecular formula is C4H14O8P2. The fraction of sp³-hybridized carbons (Fsp3) is 0.500. The SMILES string of the molecule is C=CCC.O=P(O)(O)O.O=P(O)(O)O. The Kier molecular flexibility index (Phi) is 13.3. The van der Waals surface area contributed by atoms with Crippen LogP contribution in [0.4, 0.5) is 0 Å². The molecule has 0 aromatic rings. The maximum Gasteiger partial charge on any atom is 0.466 e. The molecule has 0 spiro atoms. The predicted molar refractivity (Wildman–Crippen MR) is 49.0 cm³/mol. The van der Waals surface area contributed by atoms with Crippen molar-refractivity contribution in [1.82, 2.24) is 0 Å². The molecule has 0 bridgehead atoms. The van der Waals surface area contributed by atoms with Crippen molar-refractivity contribution in [3.8, 4) is 0 Å². The third-order valence-electron chi connectivity index (χ3n) is 0.289. The zero-order valence-corrected chi connectivity index (χ0v) is 9.17. The lowest BCUT2D eigenvalue weighted by Gasteiger charge is -1.82. The third kappa shape index (κ3) is 1560. The summed E-state index contributed by atoms with van der Waals surface area (Å²) in [6, 6.07) is 0. The molecule has 6 N–H and O–H groups in total. The van der Waals surface area contributed by atoms with E-state index in [-0.39, 0.29) is 0 Å². The minimum absolute atomic E-state index is 1.08. The molecule has 88 valence electrons. The van der Waals surface area contributed by atoms with E-state index >= 15 is 0 Å². The van der Waals surface area contributed by atoms with Gasteiger partial charge in [0, 0.05) is 0 Å². The van der Waals surface area contributed by atoms with Gasteiger partial charge in [-0.3, -0.25) is 0 Å². The second kappa shape index (κ2) is 9.51. The zero-order chi connectivity index (χ0) is 12.4. The number of allylic oxidation sites excluding steroid dienone is 1. The van der Waals surface area contributed by atoms with Gasteiger partial charge in [0.25, 0.3) is 0 Å². The Morgan fingerprint density at radius 3 is 1.07 bits per heavy atom. The van der Waals surface area contributed by atoms with Crippen molar-refractivity contribution < 1.29 is 38.5 Å². The van der Waals surface area contributed by atoms with E-state index < -0.39 is 15.6 Å². The van der Waals surface area contributed by atoms with Crippen LogP contribution in [0, 0.1) is 0 Å². The third-order valence-corrected chi connectivity index (χ3v) is 0.289. The molecule has 0 radical (unpaired) electrons. The summed E-state index contributed by atoms with van der Waals surface area (Å²) in [7, 11) is -9.28. The Labute approximate surface area is 81.0 Å². The van der Waals surface area contributed by atoms with E-state index in [1.165, 1.54) is 0 Å². The average molecular weight is 252 g/mol. The molecule has 0 rings (SSSR count). The van der Waals surface area contributed by atoms with Crippen LogP contribution < -0.4 is 0 Å². The topological polar surface area (TPSA) is 156 Å². The summed E-state index contributed by atoms with van der Waals surface area (Å²) >= 11 is 0. The van der Waals surface area contributed by atoms with E-state index in [1.54, 1.807) is 0 Å². The lowest BCUT2D eigenvalue weighted by Crippen LogP contribution is -1.66. The van der Waals surface area contributed by atoms with Gasteiger partial charge in [-0.05, 0) is 6.42 Å². The summed E-state index contributed by atoms with van der Waals surface area (Å²) < 4.78 is 17.8. The summed E-state index contributed by atoms with van der Waals surface area (Å²) in [5.41, 5.74) is 0. The molecule has 0 unspecified atom stereocenters. The molecule has 0 aromatic carbocycles. The summed E-state index contributed by atoms with van der Waals surface area (Å²) in [4.78, 5) is 43.1. The highest BCUT2D eigenvalue weighted by Crippen LogP contribution is 2.26. The van der Waals surface area contributed by atoms with E-state index in [2.05, 4.69) is 13.5 Å². The molecular weight excluding hydrogens is 238 g/mol. The van der Waals surface area contributed by atoms with Crippen LogP contribution in [0.15, 0.2) is 12.7 Å². The van der Waals surface area contributed by atoms with Gasteiger partial charge >= 0.3 is 15.6 Å². The molecule has 0 heterocycles. The van der Waals surface area contributed by atoms with Gasteiger partial charge in [-0.25, -0.2) is 9.13 Å². The lowest BCUT2D eigenvalue weighted by atomic mass is 10.5. The highest BCUT2D eigenvalue weighted by atomic mass is 31.2. The minimum Gasteiger partial charge on any atom is -0.303 e. The van der Waals surface area contributed by atoms with Gasteiger partial charge in [-0.2, -0.15) is 0 Å². The van der Waals surface area contributed by atoms with Gasteiger partial charge in [0.1, 0.15) is 0 Å². The maximum absolute atomic E-state index is 8.88. The first-order valence-corrected chi connectivity index (χ1v) is 6.22. The van der Waals surface area contributed by atoms with Gasteiger partial charge < -0.3 is 29.4 Å². The van der Waals surface area contributed by atoms with Crippen LogP contribution in [0.25, 0.3) is 0 Å². The second-order valence-electron chi connectivity index (χ2n) is 1.72. The number of hydrogen-bond acceptors (Lipinski definition) is 2. The van der Waals surface area contributed by atoms with Gasteiger partial charge in [-0.15, -0.1) is 6.58 Å². The van der Waals surface area contributed by atoms with Crippen LogP contribution in [0.1, 0.15) is 13.3 Å². The van der Waals surface area contributed by atoms with Crippen molar-refractivity contribution in [3.05, 3.63) is 12.7 Å². The van der Waals surface area contributed by atoms with Gasteiger partial charge in [-0.1, -0.05) is 13.0 Å². The molecule has 0 atom stereocenters. The molecule has 0 amide bonds. The number of hydrogen-bond donors (Lipinski definition) is 6. The smallest absolute Gasteiger partial charge is 0.303 e. The molecule has 8 nitrogen and oxygen atoms in total. The Balaban J connectivity index is -0.000000131. The van der Waals surface area contributed by atoms with E-state index in [0.29, 0.717) is 0 Å². The predicted octanol–water partition coefficient (Wildman–Crippen LogP) is -0.275. The van der Waals surface area contributed by atoms with E-state index in [0.717, 1.165) is 6.42 Å². The molecule has 0 saturated heterocycles. The fourth-order valence-electron chi connectivity index (χ4n) is 0. The van der Waals surface area contributed by atoms with Crippen LogP contribution in [-0.2, 0) is 9.13 Å². The lowest BCUT2D eigenvalue weighted by molar-refractivity contribution is 0.272. The second-order valence-corrected chi connectivity index (χ2v) is 3.78. The first-order chi connectivity index (χ1) is 5.91.